The molecule has 0 radical (unpaired) electrons. The highest BCUT2D eigenvalue weighted by atomic mass is 35.5. The van der Waals surface area contributed by atoms with E-state index in [0.29, 0.717) is 40.0 Å². The molecule has 0 amide bonds. The first-order chi connectivity index (χ1) is 16.4. The number of nitrogens with zero attached hydrogens (tertiary/aromatic N) is 4. The lowest BCUT2D eigenvalue weighted by Gasteiger charge is -2.30. The fraction of sp³-hybridized carbons (Fsp3) is 0.375. The molecule has 2 fully saturated rings. The summed E-state index contributed by atoms with van der Waals surface area (Å²) in [5.74, 6) is -1.59. The average Bonchev–Trinajstić information content (AvgIpc) is 3.49. The summed E-state index contributed by atoms with van der Waals surface area (Å²) in [7, 11) is 0. The second-order valence-corrected chi connectivity index (χ2v) is 9.60. The highest BCUT2D eigenvalue weighted by molar-refractivity contribution is 6.33. The number of alkyl halides is 1. The minimum absolute atomic E-state index is 0.0243. The van der Waals surface area contributed by atoms with Gasteiger partial charge in [0.2, 0.25) is 0 Å². The molecule has 2 aromatic carbocycles. The van der Waals surface area contributed by atoms with E-state index in [2.05, 4.69) is 25.1 Å². The van der Waals surface area contributed by atoms with Crippen molar-refractivity contribution in [3.05, 3.63) is 46.7 Å². The molecule has 4 heterocycles. The third kappa shape index (κ3) is 3.25. The van der Waals surface area contributed by atoms with Crippen LogP contribution in [0.3, 0.4) is 0 Å². The first kappa shape index (κ1) is 21.6. The zero-order valence-corrected chi connectivity index (χ0v) is 19.1. The summed E-state index contributed by atoms with van der Waals surface area (Å²) < 4.78 is 50.9. The van der Waals surface area contributed by atoms with Crippen LogP contribution in [0.25, 0.3) is 32.9 Å². The molecule has 2 aromatic heterocycles. The van der Waals surface area contributed by atoms with Gasteiger partial charge in [0, 0.05) is 40.5 Å². The van der Waals surface area contributed by atoms with Gasteiger partial charge >= 0.3 is 6.01 Å². The number of benzene rings is 2. The maximum absolute atomic E-state index is 15.8. The summed E-state index contributed by atoms with van der Waals surface area (Å²) in [6.45, 7) is 3.16. The van der Waals surface area contributed by atoms with E-state index in [1.54, 1.807) is 13.0 Å². The number of ether oxygens (including phenoxy) is 1. The molecule has 0 saturated carbocycles. The number of H-pyrrole nitrogens is 1. The Kier molecular flexibility index (Phi) is 4.97. The van der Waals surface area contributed by atoms with Crippen LogP contribution < -0.4 is 4.74 Å². The zero-order valence-electron chi connectivity index (χ0n) is 18.3. The van der Waals surface area contributed by atoms with Crippen molar-refractivity contribution in [1.82, 2.24) is 25.1 Å². The fourth-order valence-electron chi connectivity index (χ4n) is 5.52. The molecule has 2 saturated heterocycles. The Hall–Kier alpha value is -2.91. The van der Waals surface area contributed by atoms with Crippen molar-refractivity contribution >= 4 is 33.4 Å². The van der Waals surface area contributed by atoms with E-state index < -0.39 is 17.8 Å². The topological polar surface area (TPSA) is 66.9 Å². The fourth-order valence-corrected chi connectivity index (χ4v) is 5.72. The van der Waals surface area contributed by atoms with Gasteiger partial charge in [-0.25, -0.2) is 18.2 Å². The minimum atomic E-state index is -0.884. The van der Waals surface area contributed by atoms with Crippen LogP contribution in [0.15, 0.2) is 24.5 Å². The SMILES string of the molecule is Cc1c(Cl)cc2[nH]ncc2c1-c1c(F)cc2cnc(OC[C@@]34CCCN3C[C@H](F)C4)nc2c1F. The van der Waals surface area contributed by atoms with E-state index in [-0.39, 0.29) is 34.6 Å². The van der Waals surface area contributed by atoms with Crippen LogP contribution in [0.4, 0.5) is 13.2 Å². The Balaban J connectivity index is 1.42. The number of hydrogen-bond acceptors (Lipinski definition) is 5. The molecule has 6 rings (SSSR count). The Morgan fingerprint density at radius 3 is 2.97 bits per heavy atom. The average molecular weight is 488 g/mol. The van der Waals surface area contributed by atoms with Gasteiger partial charge in [-0.05, 0) is 44.0 Å². The smallest absolute Gasteiger partial charge is 0.317 e. The second-order valence-electron chi connectivity index (χ2n) is 9.19. The number of hydrogen-bond donors (Lipinski definition) is 1. The lowest BCUT2D eigenvalue weighted by molar-refractivity contribution is 0.107. The van der Waals surface area contributed by atoms with E-state index >= 15 is 8.78 Å². The van der Waals surface area contributed by atoms with E-state index in [0.717, 1.165) is 19.4 Å². The first-order valence-electron chi connectivity index (χ1n) is 11.2. The highest BCUT2D eigenvalue weighted by Gasteiger charge is 2.49. The third-order valence-electron chi connectivity index (χ3n) is 7.17. The van der Waals surface area contributed by atoms with Gasteiger partial charge in [0.15, 0.2) is 5.82 Å². The van der Waals surface area contributed by atoms with Gasteiger partial charge in [-0.1, -0.05) is 11.6 Å². The molecule has 2 aliphatic rings. The van der Waals surface area contributed by atoms with Crippen molar-refractivity contribution in [2.24, 2.45) is 0 Å². The van der Waals surface area contributed by atoms with E-state index in [9.17, 15) is 4.39 Å². The summed E-state index contributed by atoms with van der Waals surface area (Å²) in [6.07, 6.45) is 4.18. The molecule has 10 heteroatoms. The quantitative estimate of drug-likeness (QED) is 0.419. The normalized spacial score (nSPS) is 22.7. The van der Waals surface area contributed by atoms with E-state index in [1.165, 1.54) is 18.5 Å². The van der Waals surface area contributed by atoms with Crippen LogP contribution in [-0.2, 0) is 0 Å². The van der Waals surface area contributed by atoms with Gasteiger partial charge in [-0.3, -0.25) is 10.00 Å². The molecule has 6 nitrogen and oxygen atoms in total. The standard InChI is InChI=1S/C24H21ClF3N5O/c1-12-16(25)6-18-15(9-30-32-18)19(12)20-17(27)5-13-8-29-23(31-22(13)21(20)28)34-11-24-3-2-4-33(24)10-14(26)7-24/h5-6,8-9,14H,2-4,7,10-11H2,1H3,(H,30,32)/t14-,24+/m1/s1. The van der Waals surface area contributed by atoms with Crippen LogP contribution in [0.1, 0.15) is 24.8 Å². The maximum Gasteiger partial charge on any atom is 0.317 e. The van der Waals surface area contributed by atoms with Crippen LogP contribution >= 0.6 is 11.6 Å². The van der Waals surface area contributed by atoms with Gasteiger partial charge in [0.25, 0.3) is 0 Å². The summed E-state index contributed by atoms with van der Waals surface area (Å²) >= 11 is 6.34. The van der Waals surface area contributed by atoms with Crippen LogP contribution in [0, 0.1) is 18.6 Å². The Bertz CT molecular complexity index is 1440. The highest BCUT2D eigenvalue weighted by Crippen LogP contribution is 2.41. The van der Waals surface area contributed by atoms with Crippen molar-refractivity contribution in [3.63, 3.8) is 0 Å². The molecule has 2 atom stereocenters. The predicted molar refractivity (Wildman–Crippen MR) is 123 cm³/mol. The molecule has 1 N–H and O–H groups in total. The van der Waals surface area contributed by atoms with Crippen LogP contribution in [-0.4, -0.2) is 56.5 Å². The molecule has 34 heavy (non-hydrogen) atoms. The molecule has 0 aliphatic carbocycles. The zero-order chi connectivity index (χ0) is 23.6. The largest absolute Gasteiger partial charge is 0.461 e. The second kappa shape index (κ2) is 7.81. The summed E-state index contributed by atoms with van der Waals surface area (Å²) in [6, 6.07) is 2.85. The van der Waals surface area contributed by atoms with Crippen molar-refractivity contribution in [2.75, 3.05) is 19.7 Å². The van der Waals surface area contributed by atoms with Crippen molar-refractivity contribution in [3.8, 4) is 17.1 Å². The van der Waals surface area contributed by atoms with Gasteiger partial charge in [0.1, 0.15) is 24.1 Å². The van der Waals surface area contributed by atoms with Crippen LogP contribution in [0.2, 0.25) is 5.02 Å². The molecular weight excluding hydrogens is 467 g/mol. The van der Waals surface area contributed by atoms with Crippen molar-refractivity contribution in [1.29, 1.82) is 0 Å². The molecule has 0 unspecified atom stereocenters. The molecule has 0 bridgehead atoms. The van der Waals surface area contributed by atoms with E-state index in [4.69, 9.17) is 16.3 Å². The molecule has 176 valence electrons. The van der Waals surface area contributed by atoms with Crippen LogP contribution in [0.5, 0.6) is 6.01 Å². The van der Waals surface area contributed by atoms with Crippen molar-refractivity contribution in [2.45, 2.75) is 37.9 Å². The van der Waals surface area contributed by atoms with Crippen molar-refractivity contribution < 1.29 is 17.9 Å². The summed E-state index contributed by atoms with van der Waals surface area (Å²) in [5.41, 5.74) is 0.734. The Morgan fingerprint density at radius 1 is 1.26 bits per heavy atom. The molecule has 0 spiro atoms. The maximum atomic E-state index is 15.8. The number of nitrogens with one attached hydrogen (secondary N) is 1. The first-order valence-corrected chi connectivity index (χ1v) is 11.5. The lowest BCUT2D eigenvalue weighted by Crippen LogP contribution is -2.43. The predicted octanol–water partition coefficient (Wildman–Crippen LogP) is 5.37. The van der Waals surface area contributed by atoms with Gasteiger partial charge in [-0.15, -0.1) is 0 Å². The molecule has 2 aliphatic heterocycles. The minimum Gasteiger partial charge on any atom is -0.461 e. The third-order valence-corrected chi connectivity index (χ3v) is 7.56. The summed E-state index contributed by atoms with van der Waals surface area (Å²) in [5, 5.41) is 7.90. The monoisotopic (exact) mass is 487 g/mol. The molecular formula is C24H21ClF3N5O. The number of aromatic nitrogens is 4. The number of halogens is 4. The van der Waals surface area contributed by atoms with Gasteiger partial charge in [-0.2, -0.15) is 10.1 Å². The van der Waals surface area contributed by atoms with Gasteiger partial charge < -0.3 is 4.74 Å². The lowest BCUT2D eigenvalue weighted by atomic mass is 9.95. The number of fused-ring (bicyclic) bond motifs is 3. The van der Waals surface area contributed by atoms with E-state index in [1.807, 2.05) is 0 Å². The molecule has 4 aromatic rings. The Morgan fingerprint density at radius 2 is 2.12 bits per heavy atom. The Labute approximate surface area is 198 Å². The summed E-state index contributed by atoms with van der Waals surface area (Å²) in [4.78, 5) is 10.5. The number of aromatic amines is 1. The number of rotatable bonds is 4. The van der Waals surface area contributed by atoms with Gasteiger partial charge in [0.05, 0.1) is 22.8 Å².